The summed E-state index contributed by atoms with van der Waals surface area (Å²) in [4.78, 5) is 3.89. The first-order valence-electron chi connectivity index (χ1n) is 4.79. The predicted molar refractivity (Wildman–Crippen MR) is 53.5 cm³/mol. The number of aromatic nitrogens is 1. The van der Waals surface area contributed by atoms with Gasteiger partial charge < -0.3 is 4.74 Å². The van der Waals surface area contributed by atoms with E-state index in [2.05, 4.69) is 11.9 Å². The smallest absolute Gasteiger partial charge is 0.140 e. The molecule has 0 atom stereocenters. The summed E-state index contributed by atoms with van der Waals surface area (Å²) < 4.78 is 5.42. The van der Waals surface area contributed by atoms with Crippen LogP contribution < -0.4 is 0 Å². The minimum Gasteiger partial charge on any atom is -0.377 e. The zero-order valence-corrected chi connectivity index (χ0v) is 8.36. The molecule has 0 saturated carbocycles. The summed E-state index contributed by atoms with van der Waals surface area (Å²) in [6.07, 6.45) is 3.85. The molecule has 0 aliphatic heterocycles. The molecule has 74 valence electrons. The molecule has 0 aliphatic rings. The number of hydrogen-bond acceptors (Lipinski definition) is 3. The molecule has 0 bridgehead atoms. The SMILES string of the molecule is CCCCOCc1ccnc(C#N)c1. The van der Waals surface area contributed by atoms with Gasteiger partial charge in [0.2, 0.25) is 0 Å². The van der Waals surface area contributed by atoms with Crippen molar-refractivity contribution in [3.05, 3.63) is 29.6 Å². The third-order valence-corrected chi connectivity index (χ3v) is 1.85. The molecule has 0 aromatic carbocycles. The quantitative estimate of drug-likeness (QED) is 0.669. The summed E-state index contributed by atoms with van der Waals surface area (Å²) in [5, 5.41) is 8.62. The molecule has 1 aromatic rings. The van der Waals surface area contributed by atoms with Crippen LogP contribution in [0, 0.1) is 11.3 Å². The molecule has 1 heterocycles. The fourth-order valence-electron chi connectivity index (χ4n) is 1.06. The van der Waals surface area contributed by atoms with E-state index in [1.165, 1.54) is 0 Å². The van der Waals surface area contributed by atoms with Crippen molar-refractivity contribution in [2.75, 3.05) is 6.61 Å². The lowest BCUT2D eigenvalue weighted by Crippen LogP contribution is -1.96. The highest BCUT2D eigenvalue weighted by atomic mass is 16.5. The van der Waals surface area contributed by atoms with Crippen molar-refractivity contribution >= 4 is 0 Å². The molecule has 0 fully saturated rings. The number of hydrogen-bond donors (Lipinski definition) is 0. The number of nitrogens with zero attached hydrogens (tertiary/aromatic N) is 2. The first kappa shape index (κ1) is 10.7. The molecule has 0 amide bonds. The molecule has 14 heavy (non-hydrogen) atoms. The summed E-state index contributed by atoms with van der Waals surface area (Å²) in [5.41, 5.74) is 1.45. The van der Waals surface area contributed by atoms with Crippen molar-refractivity contribution in [2.45, 2.75) is 26.4 Å². The van der Waals surface area contributed by atoms with Crippen LogP contribution in [0.1, 0.15) is 31.0 Å². The lowest BCUT2D eigenvalue weighted by Gasteiger charge is -2.02. The largest absolute Gasteiger partial charge is 0.377 e. The van der Waals surface area contributed by atoms with E-state index < -0.39 is 0 Å². The van der Waals surface area contributed by atoms with Gasteiger partial charge in [0.05, 0.1) is 6.61 Å². The van der Waals surface area contributed by atoms with Gasteiger partial charge in [-0.15, -0.1) is 0 Å². The molecule has 3 nitrogen and oxygen atoms in total. The van der Waals surface area contributed by atoms with Crippen molar-refractivity contribution in [1.29, 1.82) is 5.26 Å². The topological polar surface area (TPSA) is 45.9 Å². The van der Waals surface area contributed by atoms with Crippen LogP contribution in [0.15, 0.2) is 18.3 Å². The number of rotatable bonds is 5. The zero-order valence-electron chi connectivity index (χ0n) is 8.36. The Labute approximate surface area is 84.3 Å². The van der Waals surface area contributed by atoms with E-state index in [1.807, 2.05) is 12.1 Å². The Morgan fingerprint density at radius 2 is 2.43 bits per heavy atom. The zero-order chi connectivity index (χ0) is 10.2. The molecular weight excluding hydrogens is 176 g/mol. The van der Waals surface area contributed by atoms with Gasteiger partial charge >= 0.3 is 0 Å². The Morgan fingerprint density at radius 1 is 1.57 bits per heavy atom. The Kier molecular flexibility index (Phi) is 4.66. The second-order valence-corrected chi connectivity index (χ2v) is 3.07. The Hall–Kier alpha value is -1.40. The summed E-state index contributed by atoms with van der Waals surface area (Å²) in [6.45, 7) is 3.47. The molecule has 0 unspecified atom stereocenters. The van der Waals surface area contributed by atoms with E-state index in [9.17, 15) is 0 Å². The predicted octanol–water partition coefficient (Wildman–Crippen LogP) is 2.27. The molecule has 1 rings (SSSR count). The second-order valence-electron chi connectivity index (χ2n) is 3.07. The van der Waals surface area contributed by atoms with E-state index in [0.717, 1.165) is 25.0 Å². The Morgan fingerprint density at radius 3 is 3.14 bits per heavy atom. The maximum atomic E-state index is 8.62. The van der Waals surface area contributed by atoms with Gasteiger partial charge in [0.15, 0.2) is 0 Å². The van der Waals surface area contributed by atoms with Crippen molar-refractivity contribution in [2.24, 2.45) is 0 Å². The summed E-state index contributed by atoms with van der Waals surface area (Å²) in [6, 6.07) is 5.63. The molecule has 1 aromatic heterocycles. The fraction of sp³-hybridized carbons (Fsp3) is 0.455. The average molecular weight is 190 g/mol. The monoisotopic (exact) mass is 190 g/mol. The van der Waals surface area contributed by atoms with Gasteiger partial charge in [-0.25, -0.2) is 4.98 Å². The van der Waals surface area contributed by atoms with Gasteiger partial charge in [0.25, 0.3) is 0 Å². The number of pyridine rings is 1. The average Bonchev–Trinajstić information content (AvgIpc) is 2.25. The summed E-state index contributed by atoms with van der Waals surface area (Å²) >= 11 is 0. The van der Waals surface area contributed by atoms with E-state index in [1.54, 1.807) is 12.3 Å². The van der Waals surface area contributed by atoms with Crippen LogP contribution in [-0.4, -0.2) is 11.6 Å². The molecule has 3 heteroatoms. The van der Waals surface area contributed by atoms with Gasteiger partial charge in [-0.2, -0.15) is 5.26 Å². The number of nitriles is 1. The van der Waals surface area contributed by atoms with Gasteiger partial charge in [-0.1, -0.05) is 13.3 Å². The lowest BCUT2D eigenvalue weighted by molar-refractivity contribution is 0.118. The molecule has 0 radical (unpaired) electrons. The Balaban J connectivity index is 2.39. The van der Waals surface area contributed by atoms with Crippen molar-refractivity contribution in [1.82, 2.24) is 4.98 Å². The van der Waals surface area contributed by atoms with Crippen molar-refractivity contribution < 1.29 is 4.74 Å². The van der Waals surface area contributed by atoms with Crippen LogP contribution in [0.5, 0.6) is 0 Å². The fourth-order valence-corrected chi connectivity index (χ4v) is 1.06. The van der Waals surface area contributed by atoms with E-state index in [0.29, 0.717) is 12.3 Å². The normalized spacial score (nSPS) is 9.71. The first-order valence-corrected chi connectivity index (χ1v) is 4.79. The number of unbranched alkanes of at least 4 members (excludes halogenated alkanes) is 1. The maximum Gasteiger partial charge on any atom is 0.140 e. The van der Waals surface area contributed by atoms with Crippen LogP contribution in [0.2, 0.25) is 0 Å². The van der Waals surface area contributed by atoms with Crippen LogP contribution in [0.4, 0.5) is 0 Å². The van der Waals surface area contributed by atoms with Gasteiger partial charge in [-0.3, -0.25) is 0 Å². The second kappa shape index (κ2) is 6.11. The highest BCUT2D eigenvalue weighted by molar-refractivity contribution is 5.24. The van der Waals surface area contributed by atoms with E-state index in [4.69, 9.17) is 10.00 Å². The van der Waals surface area contributed by atoms with Crippen molar-refractivity contribution in [3.63, 3.8) is 0 Å². The highest BCUT2D eigenvalue weighted by Crippen LogP contribution is 2.03. The first-order chi connectivity index (χ1) is 6.86. The maximum absolute atomic E-state index is 8.62. The summed E-state index contributed by atoms with van der Waals surface area (Å²) in [5.74, 6) is 0. The minimum atomic E-state index is 0.446. The van der Waals surface area contributed by atoms with Gasteiger partial charge in [0.1, 0.15) is 11.8 Å². The standard InChI is InChI=1S/C11H14N2O/c1-2-3-6-14-9-10-4-5-13-11(7-10)8-12/h4-5,7H,2-3,6,9H2,1H3. The summed E-state index contributed by atoms with van der Waals surface area (Å²) in [7, 11) is 0. The van der Waals surface area contributed by atoms with Crippen LogP contribution >= 0.6 is 0 Å². The molecule has 0 N–H and O–H groups in total. The lowest BCUT2D eigenvalue weighted by atomic mass is 10.2. The minimum absolute atomic E-state index is 0.446. The van der Waals surface area contributed by atoms with Crippen LogP contribution in [0.25, 0.3) is 0 Å². The molecule has 0 saturated heterocycles. The van der Waals surface area contributed by atoms with Gasteiger partial charge in [-0.05, 0) is 24.1 Å². The third kappa shape index (κ3) is 3.55. The molecular formula is C11H14N2O. The highest BCUT2D eigenvalue weighted by Gasteiger charge is 1.96. The molecule has 0 aliphatic carbocycles. The third-order valence-electron chi connectivity index (χ3n) is 1.85. The van der Waals surface area contributed by atoms with Crippen LogP contribution in [0.3, 0.4) is 0 Å². The molecule has 0 spiro atoms. The van der Waals surface area contributed by atoms with E-state index >= 15 is 0 Å². The van der Waals surface area contributed by atoms with E-state index in [-0.39, 0.29) is 0 Å². The number of ether oxygens (including phenoxy) is 1. The van der Waals surface area contributed by atoms with Crippen molar-refractivity contribution in [3.8, 4) is 6.07 Å². The van der Waals surface area contributed by atoms with Gasteiger partial charge in [0, 0.05) is 12.8 Å². The van der Waals surface area contributed by atoms with Crippen LogP contribution in [-0.2, 0) is 11.3 Å². The Bertz CT molecular complexity index is 317.